The Morgan fingerprint density at radius 1 is 1.24 bits per heavy atom. The number of carbonyl (C=O) groups excluding carboxylic acids is 2. The van der Waals surface area contributed by atoms with Crippen molar-refractivity contribution >= 4 is 17.6 Å². The Kier molecular flexibility index (Phi) is 6.17. The maximum absolute atomic E-state index is 12.0. The lowest BCUT2D eigenvalue weighted by atomic mass is 10.1. The van der Waals surface area contributed by atoms with E-state index in [-0.39, 0.29) is 11.9 Å². The summed E-state index contributed by atoms with van der Waals surface area (Å²) in [6.07, 6.45) is 0. The molecule has 0 fully saturated rings. The van der Waals surface area contributed by atoms with E-state index >= 15 is 0 Å². The van der Waals surface area contributed by atoms with E-state index in [9.17, 15) is 9.59 Å². The molecule has 1 aromatic rings. The summed E-state index contributed by atoms with van der Waals surface area (Å²) < 4.78 is 4.94. The highest BCUT2D eigenvalue weighted by Gasteiger charge is 2.13. The highest BCUT2D eigenvalue weighted by molar-refractivity contribution is 5.97. The van der Waals surface area contributed by atoms with E-state index in [0.717, 1.165) is 5.56 Å². The fourth-order valence-electron chi connectivity index (χ4n) is 1.69. The molecule has 1 aromatic carbocycles. The van der Waals surface area contributed by atoms with Crippen LogP contribution in [0.5, 0.6) is 0 Å². The van der Waals surface area contributed by atoms with Gasteiger partial charge in [-0.2, -0.15) is 0 Å². The number of carbonyl (C=O) groups is 2. The molecule has 0 spiro atoms. The Bertz CT molecular complexity index is 515. The summed E-state index contributed by atoms with van der Waals surface area (Å²) in [6, 6.07) is 5.04. The summed E-state index contributed by atoms with van der Waals surface area (Å²) in [5, 5.41) is 2.81. The molecule has 0 aliphatic rings. The first kappa shape index (κ1) is 17.0. The molecule has 6 heteroatoms. The van der Waals surface area contributed by atoms with Gasteiger partial charge >= 0.3 is 6.03 Å². The van der Waals surface area contributed by atoms with Gasteiger partial charge in [-0.3, -0.25) is 4.79 Å². The number of methoxy groups -OCH3 is 1. The zero-order chi connectivity index (χ0) is 16.0. The number of anilines is 1. The third-order valence-electron chi connectivity index (χ3n) is 3.11. The van der Waals surface area contributed by atoms with Crippen LogP contribution in [0.4, 0.5) is 10.5 Å². The molecule has 0 aliphatic heterocycles. The lowest BCUT2D eigenvalue weighted by Crippen LogP contribution is -2.34. The molecule has 0 aromatic heterocycles. The number of hydrogen-bond donors (Lipinski definition) is 1. The van der Waals surface area contributed by atoms with Crippen molar-refractivity contribution in [1.82, 2.24) is 9.80 Å². The molecule has 3 amide bonds. The van der Waals surface area contributed by atoms with Gasteiger partial charge in [-0.25, -0.2) is 4.79 Å². The van der Waals surface area contributed by atoms with Crippen LogP contribution in [0, 0.1) is 6.92 Å². The van der Waals surface area contributed by atoms with Gasteiger partial charge < -0.3 is 19.9 Å². The standard InChI is InChI=1S/C15H23N3O3/c1-11-6-7-12(14(19)17(2)3)10-13(11)16-15(20)18(4)8-9-21-5/h6-7,10H,8-9H2,1-5H3,(H,16,20). The number of amides is 3. The largest absolute Gasteiger partial charge is 0.383 e. The average Bonchev–Trinajstić information content (AvgIpc) is 2.45. The summed E-state index contributed by atoms with van der Waals surface area (Å²) in [5.74, 6) is -0.0989. The van der Waals surface area contributed by atoms with Crippen LogP contribution < -0.4 is 5.32 Å². The monoisotopic (exact) mass is 293 g/mol. The second kappa shape index (κ2) is 7.64. The molecular weight excluding hydrogens is 270 g/mol. The SMILES string of the molecule is COCCN(C)C(=O)Nc1cc(C(=O)N(C)C)ccc1C. The summed E-state index contributed by atoms with van der Waals surface area (Å²) >= 11 is 0. The molecule has 21 heavy (non-hydrogen) atoms. The minimum absolute atomic E-state index is 0.0989. The first-order valence-corrected chi connectivity index (χ1v) is 6.70. The van der Waals surface area contributed by atoms with Crippen LogP contribution in [-0.4, -0.2) is 63.1 Å². The van der Waals surface area contributed by atoms with Crippen LogP contribution >= 0.6 is 0 Å². The normalized spacial score (nSPS) is 10.1. The highest BCUT2D eigenvalue weighted by Crippen LogP contribution is 2.18. The van der Waals surface area contributed by atoms with Gasteiger partial charge in [0.25, 0.3) is 5.91 Å². The lowest BCUT2D eigenvalue weighted by molar-refractivity contribution is 0.0827. The van der Waals surface area contributed by atoms with Gasteiger partial charge in [0, 0.05) is 46.0 Å². The molecule has 0 radical (unpaired) electrons. The number of urea groups is 1. The van der Waals surface area contributed by atoms with Crippen LogP contribution in [-0.2, 0) is 4.74 Å². The van der Waals surface area contributed by atoms with Gasteiger partial charge in [-0.05, 0) is 24.6 Å². The predicted octanol–water partition coefficient (Wildman–Crippen LogP) is 1.81. The average molecular weight is 293 g/mol. The molecule has 0 heterocycles. The third-order valence-corrected chi connectivity index (χ3v) is 3.11. The van der Waals surface area contributed by atoms with Crippen LogP contribution in [0.1, 0.15) is 15.9 Å². The number of rotatable bonds is 5. The first-order chi connectivity index (χ1) is 9.86. The number of benzene rings is 1. The van der Waals surface area contributed by atoms with Crippen molar-refractivity contribution in [2.24, 2.45) is 0 Å². The van der Waals surface area contributed by atoms with E-state index in [1.54, 1.807) is 40.4 Å². The zero-order valence-electron chi connectivity index (χ0n) is 13.3. The van der Waals surface area contributed by atoms with Gasteiger partial charge in [-0.1, -0.05) is 6.07 Å². The van der Waals surface area contributed by atoms with E-state index in [0.29, 0.717) is 24.4 Å². The van der Waals surface area contributed by atoms with Gasteiger partial charge in [0.1, 0.15) is 0 Å². The fraction of sp³-hybridized carbons (Fsp3) is 0.467. The van der Waals surface area contributed by atoms with Crippen molar-refractivity contribution in [3.63, 3.8) is 0 Å². The minimum Gasteiger partial charge on any atom is -0.383 e. The quantitative estimate of drug-likeness (QED) is 0.900. The molecular formula is C15H23N3O3. The molecule has 0 aliphatic carbocycles. The maximum atomic E-state index is 12.0. The van der Waals surface area contributed by atoms with E-state index in [1.807, 2.05) is 13.0 Å². The van der Waals surface area contributed by atoms with Crippen LogP contribution in [0.25, 0.3) is 0 Å². The molecule has 0 unspecified atom stereocenters. The summed E-state index contributed by atoms with van der Waals surface area (Å²) in [7, 11) is 6.67. The van der Waals surface area contributed by atoms with Gasteiger partial charge in [0.2, 0.25) is 0 Å². The van der Waals surface area contributed by atoms with Crippen molar-refractivity contribution in [2.45, 2.75) is 6.92 Å². The van der Waals surface area contributed by atoms with Crippen molar-refractivity contribution in [3.05, 3.63) is 29.3 Å². The van der Waals surface area contributed by atoms with Gasteiger partial charge in [0.15, 0.2) is 0 Å². The second-order valence-corrected chi connectivity index (χ2v) is 5.07. The number of likely N-dealkylation sites (N-methyl/N-ethyl adjacent to an activating group) is 1. The third kappa shape index (κ3) is 4.75. The van der Waals surface area contributed by atoms with E-state index < -0.39 is 0 Å². The van der Waals surface area contributed by atoms with Crippen molar-refractivity contribution in [2.75, 3.05) is 46.7 Å². The molecule has 0 bridgehead atoms. The molecule has 1 N–H and O–H groups in total. The Balaban J connectivity index is 2.85. The van der Waals surface area contributed by atoms with E-state index in [4.69, 9.17) is 4.74 Å². The molecule has 6 nitrogen and oxygen atoms in total. The lowest BCUT2D eigenvalue weighted by Gasteiger charge is -2.19. The number of aryl methyl sites for hydroxylation is 1. The van der Waals surface area contributed by atoms with E-state index in [2.05, 4.69) is 5.32 Å². The van der Waals surface area contributed by atoms with Crippen molar-refractivity contribution < 1.29 is 14.3 Å². The molecule has 0 atom stereocenters. The Morgan fingerprint density at radius 2 is 1.90 bits per heavy atom. The number of hydrogen-bond acceptors (Lipinski definition) is 3. The van der Waals surface area contributed by atoms with Crippen LogP contribution in [0.3, 0.4) is 0 Å². The minimum atomic E-state index is -0.232. The van der Waals surface area contributed by atoms with Crippen LogP contribution in [0.15, 0.2) is 18.2 Å². The number of ether oxygens (including phenoxy) is 1. The fourth-order valence-corrected chi connectivity index (χ4v) is 1.69. The van der Waals surface area contributed by atoms with Crippen LogP contribution in [0.2, 0.25) is 0 Å². The molecule has 1 rings (SSSR count). The molecule has 0 saturated heterocycles. The van der Waals surface area contributed by atoms with Crippen molar-refractivity contribution in [3.8, 4) is 0 Å². The highest BCUT2D eigenvalue weighted by atomic mass is 16.5. The number of nitrogens with one attached hydrogen (secondary N) is 1. The Morgan fingerprint density at radius 3 is 2.48 bits per heavy atom. The van der Waals surface area contributed by atoms with Gasteiger partial charge in [-0.15, -0.1) is 0 Å². The zero-order valence-corrected chi connectivity index (χ0v) is 13.3. The summed E-state index contributed by atoms with van der Waals surface area (Å²) in [6.45, 7) is 2.86. The molecule has 116 valence electrons. The predicted molar refractivity (Wildman–Crippen MR) is 82.7 cm³/mol. The summed E-state index contributed by atoms with van der Waals surface area (Å²) in [5.41, 5.74) is 2.08. The van der Waals surface area contributed by atoms with Gasteiger partial charge in [0.05, 0.1) is 6.61 Å². The Labute approximate surface area is 125 Å². The smallest absolute Gasteiger partial charge is 0.321 e. The molecule has 0 saturated carbocycles. The second-order valence-electron chi connectivity index (χ2n) is 5.07. The summed E-state index contributed by atoms with van der Waals surface area (Å²) in [4.78, 5) is 27.0. The number of nitrogens with zero attached hydrogens (tertiary/aromatic N) is 2. The van der Waals surface area contributed by atoms with Crippen molar-refractivity contribution in [1.29, 1.82) is 0 Å². The van der Waals surface area contributed by atoms with E-state index in [1.165, 1.54) is 9.80 Å². The Hall–Kier alpha value is -2.08. The first-order valence-electron chi connectivity index (χ1n) is 6.70. The topological polar surface area (TPSA) is 61.9 Å². The maximum Gasteiger partial charge on any atom is 0.321 e.